The van der Waals surface area contributed by atoms with Crippen LogP contribution in [0.15, 0.2) is 157 Å². The number of hydrogen-bond acceptors (Lipinski definition) is 2. The third-order valence-electron chi connectivity index (χ3n) is 11.5. The van der Waals surface area contributed by atoms with E-state index in [1.54, 1.807) is 0 Å². The van der Waals surface area contributed by atoms with Crippen LogP contribution in [0.5, 0.6) is 0 Å². The van der Waals surface area contributed by atoms with Gasteiger partial charge in [-0.05, 0) is 87.6 Å². The smallest absolute Gasteiger partial charge is 0.147 e. The van der Waals surface area contributed by atoms with Crippen LogP contribution in [0.1, 0.15) is 57.8 Å². The number of fused-ring (bicyclic) bond motifs is 9. The molecule has 7 aromatic rings. The minimum absolute atomic E-state index is 0.0802. The molecule has 2 aliphatic rings. The number of allylic oxidation sites excluding steroid dienone is 9. The summed E-state index contributed by atoms with van der Waals surface area (Å²) in [6.07, 6.45) is 20.9. The number of aromatic nitrogens is 2. The zero-order valence-corrected chi connectivity index (χ0v) is 32.3. The molecule has 0 aliphatic heterocycles. The maximum atomic E-state index is 15.8. The fourth-order valence-corrected chi connectivity index (χ4v) is 12.6. The summed E-state index contributed by atoms with van der Waals surface area (Å²) in [4.78, 5) is 5.30. The van der Waals surface area contributed by atoms with Gasteiger partial charge in [0, 0.05) is 27.7 Å². The second-order valence-corrected chi connectivity index (χ2v) is 18.1. The summed E-state index contributed by atoms with van der Waals surface area (Å²) >= 11 is 0. The van der Waals surface area contributed by atoms with Crippen molar-refractivity contribution in [1.82, 2.24) is 9.38 Å². The van der Waals surface area contributed by atoms with Gasteiger partial charge < -0.3 is 4.57 Å². The van der Waals surface area contributed by atoms with Gasteiger partial charge in [0.1, 0.15) is 12.8 Å². The first kappa shape index (κ1) is 34.3. The van der Waals surface area contributed by atoms with Crippen molar-refractivity contribution in [2.75, 3.05) is 0 Å². The van der Waals surface area contributed by atoms with Crippen LogP contribution < -0.4 is 5.30 Å². The Kier molecular flexibility index (Phi) is 8.71. The van der Waals surface area contributed by atoms with E-state index in [9.17, 15) is 0 Å². The Hall–Kier alpha value is -5.50. The molecule has 54 heavy (non-hydrogen) atoms. The summed E-state index contributed by atoms with van der Waals surface area (Å²) in [5.41, 5.74) is 9.14. The first-order chi connectivity index (χ1) is 26.4. The van der Waals surface area contributed by atoms with E-state index in [4.69, 9.17) is 4.98 Å². The van der Waals surface area contributed by atoms with E-state index < -0.39 is 7.14 Å². The molecule has 3 atom stereocenters. The fraction of sp³-hybridized carbons (Fsp3) is 0.180. The first-order valence-electron chi connectivity index (χ1n) is 19.3. The van der Waals surface area contributed by atoms with Crippen LogP contribution >= 0.6 is 7.14 Å². The van der Waals surface area contributed by atoms with E-state index >= 15 is 4.57 Å². The van der Waals surface area contributed by atoms with Gasteiger partial charge in [-0.15, -0.1) is 0 Å². The standard InChI is InChI=1S/C50H45N2OP/c1-5-6-24-47(33(2)3)54(53,38-16-8-7-9-17-38)48-25-14-20-40-39(19-13-21-43(40)48)36-28-26-35(27-29-36)37-30-31-41-42-18-10-11-22-45(42)52-46-23-12-15-34(4)49(46)51-50(52)44(41)32-37/h5-14,16,18-34,38H,15,17H2,1-4H3/b6-5-,47-24+/t34-,38?,54?/m0/s1. The molecule has 0 saturated heterocycles. The lowest BCUT2D eigenvalue weighted by atomic mass is 9.95. The Balaban J connectivity index is 1.15. The Labute approximate surface area is 318 Å². The second-order valence-electron chi connectivity index (χ2n) is 15.2. The van der Waals surface area contributed by atoms with Crippen LogP contribution in [0.4, 0.5) is 0 Å². The Morgan fingerprint density at radius 1 is 0.778 bits per heavy atom. The highest BCUT2D eigenvalue weighted by atomic mass is 31.2. The van der Waals surface area contributed by atoms with Crippen molar-refractivity contribution in [2.45, 2.75) is 52.1 Å². The van der Waals surface area contributed by atoms with Crippen molar-refractivity contribution in [1.29, 1.82) is 0 Å². The van der Waals surface area contributed by atoms with Gasteiger partial charge in [0.25, 0.3) is 0 Å². The molecule has 0 radical (unpaired) electrons. The average Bonchev–Trinajstić information content (AvgIpc) is 3.62. The van der Waals surface area contributed by atoms with Crippen molar-refractivity contribution in [3.05, 3.63) is 168 Å². The molecule has 4 heteroatoms. The van der Waals surface area contributed by atoms with Gasteiger partial charge in [0.2, 0.25) is 0 Å². The van der Waals surface area contributed by atoms with E-state index in [-0.39, 0.29) is 11.6 Å². The number of nitrogens with zero attached hydrogens (tertiary/aromatic N) is 2. The van der Waals surface area contributed by atoms with Gasteiger partial charge in [-0.1, -0.05) is 160 Å². The van der Waals surface area contributed by atoms with Gasteiger partial charge in [-0.25, -0.2) is 4.98 Å². The van der Waals surface area contributed by atoms with Crippen LogP contribution in [0.2, 0.25) is 0 Å². The molecule has 2 aliphatic carbocycles. The van der Waals surface area contributed by atoms with Crippen molar-refractivity contribution in [3.8, 4) is 22.3 Å². The number of para-hydroxylation sites is 1. The molecule has 0 amide bonds. The normalized spacial score (nSPS) is 18.4. The maximum absolute atomic E-state index is 15.8. The van der Waals surface area contributed by atoms with E-state index in [0.29, 0.717) is 5.92 Å². The molecular weight excluding hydrogens is 676 g/mol. The zero-order valence-electron chi connectivity index (χ0n) is 31.4. The molecule has 2 heterocycles. The summed E-state index contributed by atoms with van der Waals surface area (Å²) < 4.78 is 18.2. The predicted octanol–water partition coefficient (Wildman–Crippen LogP) is 13.6. The fourth-order valence-electron chi connectivity index (χ4n) is 8.84. The summed E-state index contributed by atoms with van der Waals surface area (Å²) in [5.74, 6) is 0.529. The summed E-state index contributed by atoms with van der Waals surface area (Å²) in [6.45, 7) is 8.63. The second kappa shape index (κ2) is 13.7. The van der Waals surface area contributed by atoms with Gasteiger partial charge in [-0.3, -0.25) is 4.40 Å². The lowest BCUT2D eigenvalue weighted by Crippen LogP contribution is -2.21. The summed E-state index contributed by atoms with van der Waals surface area (Å²) in [6, 6.07) is 37.4. The SMILES string of the molecule is C/C=C\C=C(/C(C)C)P(=O)(c1cccc2c(-c3ccc(-c4ccc5c6ccccc6n6c7c(nc6c5c4)[C@@H](C)CC=C7)cc3)cccc12)C1C=CC=CC1. The largest absolute Gasteiger partial charge is 0.313 e. The van der Waals surface area contributed by atoms with E-state index in [0.717, 1.165) is 56.6 Å². The Morgan fingerprint density at radius 3 is 2.33 bits per heavy atom. The molecule has 0 spiro atoms. The quantitative estimate of drug-likeness (QED) is 0.0933. The number of rotatable bonds is 7. The topological polar surface area (TPSA) is 34.4 Å². The molecule has 0 bridgehead atoms. The van der Waals surface area contributed by atoms with Gasteiger partial charge in [0.15, 0.2) is 0 Å². The number of hydrogen-bond donors (Lipinski definition) is 0. The highest BCUT2D eigenvalue weighted by molar-refractivity contribution is 7.76. The number of pyridine rings is 1. The van der Waals surface area contributed by atoms with Crippen LogP contribution in [0.3, 0.4) is 0 Å². The van der Waals surface area contributed by atoms with E-state index in [1.165, 1.54) is 38.6 Å². The minimum Gasteiger partial charge on any atom is -0.313 e. The molecular formula is C50H45N2OP. The van der Waals surface area contributed by atoms with Gasteiger partial charge in [-0.2, -0.15) is 0 Å². The van der Waals surface area contributed by atoms with E-state index in [2.05, 4.69) is 171 Å². The molecule has 5 aromatic carbocycles. The maximum Gasteiger partial charge on any atom is 0.147 e. The van der Waals surface area contributed by atoms with Crippen LogP contribution in [0, 0.1) is 5.92 Å². The molecule has 2 aromatic heterocycles. The van der Waals surface area contributed by atoms with Crippen molar-refractivity contribution >= 4 is 56.6 Å². The van der Waals surface area contributed by atoms with Crippen LogP contribution in [-0.4, -0.2) is 15.0 Å². The third-order valence-corrected chi connectivity index (χ3v) is 15.4. The molecule has 0 N–H and O–H groups in total. The molecule has 9 rings (SSSR count). The van der Waals surface area contributed by atoms with Crippen LogP contribution in [-0.2, 0) is 4.57 Å². The molecule has 3 nitrogen and oxygen atoms in total. The number of benzene rings is 5. The van der Waals surface area contributed by atoms with Gasteiger partial charge >= 0.3 is 0 Å². The summed E-state index contributed by atoms with van der Waals surface area (Å²) in [5, 5.41) is 7.80. The van der Waals surface area contributed by atoms with Crippen molar-refractivity contribution in [3.63, 3.8) is 0 Å². The highest BCUT2D eigenvalue weighted by Gasteiger charge is 2.39. The highest BCUT2D eigenvalue weighted by Crippen LogP contribution is 2.62. The van der Waals surface area contributed by atoms with Gasteiger partial charge in [0.05, 0.1) is 16.9 Å². The monoisotopic (exact) mass is 720 g/mol. The molecule has 2 unspecified atom stereocenters. The minimum atomic E-state index is -3.05. The molecule has 266 valence electrons. The zero-order chi connectivity index (χ0) is 37.0. The van der Waals surface area contributed by atoms with Crippen LogP contribution in [0.25, 0.3) is 66.4 Å². The third kappa shape index (κ3) is 5.48. The van der Waals surface area contributed by atoms with E-state index in [1.807, 2.05) is 19.1 Å². The Morgan fingerprint density at radius 2 is 1.54 bits per heavy atom. The average molecular weight is 721 g/mol. The Bertz CT molecular complexity index is 2810. The van der Waals surface area contributed by atoms with Crippen molar-refractivity contribution in [2.24, 2.45) is 5.92 Å². The lowest BCUT2D eigenvalue weighted by Gasteiger charge is -2.32. The molecule has 0 saturated carbocycles. The lowest BCUT2D eigenvalue weighted by molar-refractivity contribution is 0.575. The number of imidazole rings is 1. The summed E-state index contributed by atoms with van der Waals surface area (Å²) in [7, 11) is -3.05. The molecule has 0 fully saturated rings. The predicted molar refractivity (Wildman–Crippen MR) is 232 cm³/mol. The van der Waals surface area contributed by atoms with Crippen molar-refractivity contribution < 1.29 is 4.57 Å². The first-order valence-corrected chi connectivity index (χ1v) is 21.1.